The van der Waals surface area contributed by atoms with E-state index in [1.807, 2.05) is 0 Å². The molecule has 4 amide bonds. The molecule has 3 rings (SSSR count). The molecule has 0 aromatic heterocycles. The monoisotopic (exact) mass is 384 g/mol. The average Bonchev–Trinajstić information content (AvgIpc) is 2.84. The number of hydrogen-bond donors (Lipinski definition) is 1. The van der Waals surface area contributed by atoms with Crippen LogP contribution in [0.2, 0.25) is 0 Å². The van der Waals surface area contributed by atoms with Crippen molar-refractivity contribution in [1.29, 1.82) is 0 Å². The lowest BCUT2D eigenvalue weighted by atomic mass is 10.0. The first-order chi connectivity index (χ1) is 13.1. The maximum atomic E-state index is 12.9. The minimum absolute atomic E-state index is 0.0508. The highest BCUT2D eigenvalue weighted by Gasteiger charge is 2.45. The zero-order valence-corrected chi connectivity index (χ0v) is 15.8. The van der Waals surface area contributed by atoms with Gasteiger partial charge in [-0.25, -0.2) is 4.79 Å². The number of carbonyl (C=O) groups excluding carboxylic acids is 5. The maximum Gasteiger partial charge on any atom is 0.331 e. The van der Waals surface area contributed by atoms with E-state index in [9.17, 15) is 24.0 Å². The summed E-state index contributed by atoms with van der Waals surface area (Å²) < 4.78 is 5.19. The molecular weight excluding hydrogens is 364 g/mol. The molecule has 0 saturated carbocycles. The number of piperidine rings is 1. The molecule has 1 atom stereocenters. The number of amides is 4. The van der Waals surface area contributed by atoms with Gasteiger partial charge < -0.3 is 4.74 Å². The largest absolute Gasteiger partial charge is 0.457 e. The van der Waals surface area contributed by atoms with E-state index in [1.165, 1.54) is 18.2 Å². The van der Waals surface area contributed by atoms with Crippen LogP contribution in [0.3, 0.4) is 0 Å². The van der Waals surface area contributed by atoms with Crippen LogP contribution in [0, 0.1) is 0 Å². The van der Waals surface area contributed by atoms with Gasteiger partial charge in [-0.1, -0.05) is 12.1 Å². The van der Waals surface area contributed by atoms with Crippen molar-refractivity contribution in [3.63, 3.8) is 0 Å². The number of ether oxygens (including phenoxy) is 1. The van der Waals surface area contributed by atoms with E-state index in [4.69, 9.17) is 4.74 Å². The zero-order chi connectivity index (χ0) is 20.6. The van der Waals surface area contributed by atoms with Gasteiger partial charge in [0.1, 0.15) is 11.6 Å². The minimum atomic E-state index is -1.03. The Morgan fingerprint density at radius 1 is 1.18 bits per heavy atom. The number of rotatable bonds is 3. The van der Waals surface area contributed by atoms with Crippen molar-refractivity contribution in [3.05, 3.63) is 41.0 Å². The van der Waals surface area contributed by atoms with Gasteiger partial charge in [0.05, 0.1) is 11.1 Å². The van der Waals surface area contributed by atoms with E-state index in [-0.39, 0.29) is 24.0 Å². The van der Waals surface area contributed by atoms with Crippen LogP contribution < -0.4 is 5.32 Å². The zero-order valence-electron chi connectivity index (χ0n) is 15.8. The number of imide groups is 2. The Hall–Kier alpha value is -3.29. The fraction of sp³-hybridized carbons (Fsp3) is 0.350. The predicted octanol–water partition coefficient (Wildman–Crippen LogP) is 1.44. The molecule has 1 saturated heterocycles. The van der Waals surface area contributed by atoms with Crippen LogP contribution in [0.5, 0.6) is 0 Å². The lowest BCUT2D eigenvalue weighted by molar-refractivity contribution is -0.148. The summed E-state index contributed by atoms with van der Waals surface area (Å²) in [6, 6.07) is 3.64. The number of hydrogen-bond acceptors (Lipinski definition) is 6. The maximum absolute atomic E-state index is 12.9. The number of nitrogens with zero attached hydrogens (tertiary/aromatic N) is 1. The molecule has 0 spiro atoms. The Balaban J connectivity index is 1.89. The summed E-state index contributed by atoms with van der Waals surface area (Å²) in [5.74, 6) is -2.90. The molecule has 1 unspecified atom stereocenters. The van der Waals surface area contributed by atoms with Crippen LogP contribution in [0.1, 0.15) is 59.9 Å². The van der Waals surface area contributed by atoms with Crippen molar-refractivity contribution < 1.29 is 28.7 Å². The number of carbonyl (C=O) groups is 5. The van der Waals surface area contributed by atoms with Crippen molar-refractivity contribution in [2.75, 3.05) is 0 Å². The molecule has 2 aliphatic heterocycles. The van der Waals surface area contributed by atoms with E-state index < -0.39 is 41.2 Å². The van der Waals surface area contributed by atoms with Crippen LogP contribution >= 0.6 is 0 Å². The SMILES string of the molecule is CC(C)(C)OC(=O)/C=C/c1cccc2c1C(=O)N(C1CCC(=O)NC1=O)C2=O. The van der Waals surface area contributed by atoms with Gasteiger partial charge in [-0.15, -0.1) is 0 Å². The summed E-state index contributed by atoms with van der Waals surface area (Å²) in [4.78, 5) is 61.9. The van der Waals surface area contributed by atoms with Gasteiger partial charge in [0.15, 0.2) is 0 Å². The summed E-state index contributed by atoms with van der Waals surface area (Å²) >= 11 is 0. The third kappa shape index (κ3) is 3.71. The molecule has 2 aliphatic rings. The Morgan fingerprint density at radius 2 is 1.89 bits per heavy atom. The van der Waals surface area contributed by atoms with Gasteiger partial charge in [0, 0.05) is 12.5 Å². The third-order valence-electron chi connectivity index (χ3n) is 4.31. The van der Waals surface area contributed by atoms with Gasteiger partial charge in [0.2, 0.25) is 11.8 Å². The second-order valence-electron chi connectivity index (χ2n) is 7.58. The molecule has 146 valence electrons. The first-order valence-electron chi connectivity index (χ1n) is 8.84. The Morgan fingerprint density at radius 3 is 2.54 bits per heavy atom. The van der Waals surface area contributed by atoms with E-state index in [1.54, 1.807) is 32.9 Å². The lowest BCUT2D eigenvalue weighted by Crippen LogP contribution is -2.54. The quantitative estimate of drug-likeness (QED) is 0.480. The first-order valence-corrected chi connectivity index (χ1v) is 8.84. The molecule has 8 heteroatoms. The van der Waals surface area contributed by atoms with Crippen LogP contribution in [0.25, 0.3) is 6.08 Å². The Kier molecular flexibility index (Phi) is 4.89. The first kappa shape index (κ1) is 19.5. The molecule has 28 heavy (non-hydrogen) atoms. The van der Waals surface area contributed by atoms with E-state index in [0.717, 1.165) is 4.90 Å². The average molecular weight is 384 g/mol. The summed E-state index contributed by atoms with van der Waals surface area (Å²) in [7, 11) is 0. The van der Waals surface area contributed by atoms with Crippen LogP contribution in [-0.2, 0) is 19.1 Å². The summed E-state index contributed by atoms with van der Waals surface area (Å²) in [5.41, 5.74) is -0.0106. The highest BCUT2D eigenvalue weighted by Crippen LogP contribution is 2.30. The fourth-order valence-electron chi connectivity index (χ4n) is 3.17. The second kappa shape index (κ2) is 7.03. The number of esters is 1. The summed E-state index contributed by atoms with van der Waals surface area (Å²) in [6.07, 6.45) is 2.73. The van der Waals surface area contributed by atoms with E-state index in [0.29, 0.717) is 5.56 Å². The van der Waals surface area contributed by atoms with Crippen molar-refractivity contribution in [1.82, 2.24) is 10.2 Å². The highest BCUT2D eigenvalue weighted by atomic mass is 16.6. The predicted molar refractivity (Wildman–Crippen MR) is 98.0 cm³/mol. The van der Waals surface area contributed by atoms with Crippen molar-refractivity contribution in [2.24, 2.45) is 0 Å². The summed E-state index contributed by atoms with van der Waals surface area (Å²) in [6.45, 7) is 5.21. The van der Waals surface area contributed by atoms with Gasteiger partial charge in [-0.2, -0.15) is 0 Å². The summed E-state index contributed by atoms with van der Waals surface area (Å²) in [5, 5.41) is 2.15. The number of benzene rings is 1. The topological polar surface area (TPSA) is 110 Å². The van der Waals surface area contributed by atoms with Crippen LogP contribution in [-0.4, -0.2) is 46.1 Å². The molecule has 1 aromatic rings. The normalized spacial score (nSPS) is 19.8. The molecule has 2 heterocycles. The fourth-order valence-corrected chi connectivity index (χ4v) is 3.17. The minimum Gasteiger partial charge on any atom is -0.457 e. The molecule has 0 radical (unpaired) electrons. The van der Waals surface area contributed by atoms with Crippen molar-refractivity contribution in [3.8, 4) is 0 Å². The van der Waals surface area contributed by atoms with Crippen molar-refractivity contribution in [2.45, 2.75) is 45.3 Å². The van der Waals surface area contributed by atoms with Gasteiger partial charge in [-0.3, -0.25) is 29.4 Å². The van der Waals surface area contributed by atoms with Crippen LogP contribution in [0.15, 0.2) is 24.3 Å². The molecule has 1 fully saturated rings. The number of nitrogens with one attached hydrogen (secondary N) is 1. The van der Waals surface area contributed by atoms with E-state index in [2.05, 4.69) is 5.32 Å². The van der Waals surface area contributed by atoms with Crippen LogP contribution in [0.4, 0.5) is 0 Å². The van der Waals surface area contributed by atoms with Gasteiger partial charge >= 0.3 is 5.97 Å². The molecular formula is C20H20N2O6. The molecule has 1 N–H and O–H groups in total. The lowest BCUT2D eigenvalue weighted by Gasteiger charge is -2.27. The molecule has 0 aliphatic carbocycles. The third-order valence-corrected chi connectivity index (χ3v) is 4.31. The molecule has 0 bridgehead atoms. The number of fused-ring (bicyclic) bond motifs is 1. The standard InChI is InChI=1S/C20H20N2O6/c1-20(2,3)28-15(24)10-7-11-5-4-6-12-16(11)19(27)22(18(12)26)13-8-9-14(23)21-17(13)25/h4-7,10,13H,8-9H2,1-3H3,(H,21,23,25)/b10-7+. The van der Waals surface area contributed by atoms with Gasteiger partial charge in [0.25, 0.3) is 11.8 Å². The molecule has 1 aromatic carbocycles. The smallest absolute Gasteiger partial charge is 0.331 e. The van der Waals surface area contributed by atoms with Gasteiger partial charge in [-0.05, 0) is 44.9 Å². The van der Waals surface area contributed by atoms with Crippen molar-refractivity contribution >= 4 is 35.7 Å². The molecule has 8 nitrogen and oxygen atoms in total. The Bertz CT molecular complexity index is 925. The Labute approximate surface area is 161 Å². The second-order valence-corrected chi connectivity index (χ2v) is 7.58. The van der Waals surface area contributed by atoms with E-state index >= 15 is 0 Å². The highest BCUT2D eigenvalue weighted by molar-refractivity contribution is 6.24.